The fraction of sp³-hybridized carbons (Fsp3) is 0.500. The summed E-state index contributed by atoms with van der Waals surface area (Å²) in [6.45, 7) is 5.53. The summed E-state index contributed by atoms with van der Waals surface area (Å²) >= 11 is 0. The Kier molecular flexibility index (Phi) is 10.8. The molecule has 28 heavy (non-hydrogen) atoms. The quantitative estimate of drug-likeness (QED) is 0.472. The van der Waals surface area contributed by atoms with Crippen LogP contribution in [0.2, 0.25) is 0 Å². The summed E-state index contributed by atoms with van der Waals surface area (Å²) in [5, 5.41) is 9.17. The van der Waals surface area contributed by atoms with Gasteiger partial charge in [0, 0.05) is 12.0 Å². The number of aliphatic hydroxyl groups is 1. The van der Waals surface area contributed by atoms with E-state index in [0.717, 1.165) is 25.9 Å². The van der Waals surface area contributed by atoms with E-state index in [0.29, 0.717) is 33.0 Å². The van der Waals surface area contributed by atoms with Crippen molar-refractivity contribution in [3.63, 3.8) is 0 Å². The Morgan fingerprint density at radius 3 is 1.68 bits per heavy atom. The van der Waals surface area contributed by atoms with E-state index in [-0.39, 0.29) is 12.0 Å². The molecule has 0 atom stereocenters. The molecule has 4 nitrogen and oxygen atoms in total. The lowest BCUT2D eigenvalue weighted by molar-refractivity contribution is -0.0420. The highest BCUT2D eigenvalue weighted by molar-refractivity contribution is 5.21. The van der Waals surface area contributed by atoms with Crippen molar-refractivity contribution in [2.24, 2.45) is 5.41 Å². The van der Waals surface area contributed by atoms with Crippen LogP contribution in [0, 0.1) is 5.41 Å². The molecule has 0 aliphatic heterocycles. The van der Waals surface area contributed by atoms with Crippen molar-refractivity contribution in [3.8, 4) is 0 Å². The van der Waals surface area contributed by atoms with Gasteiger partial charge in [-0.2, -0.15) is 0 Å². The van der Waals surface area contributed by atoms with Crippen molar-refractivity contribution in [3.05, 3.63) is 71.8 Å². The minimum absolute atomic E-state index is 0.0263. The standard InChI is InChI=1S/C24H34O4/c1-2-14-26-16-17-28-21-24(20-27-15-13-25,18-22-9-5-3-6-10-22)19-23-11-7-4-8-12-23/h3-12,25H,2,13-21H2,1H3. The zero-order chi connectivity index (χ0) is 19.9. The highest BCUT2D eigenvalue weighted by Crippen LogP contribution is 2.29. The Balaban J connectivity index is 2.12. The Morgan fingerprint density at radius 2 is 1.18 bits per heavy atom. The molecular formula is C24H34O4. The minimum Gasteiger partial charge on any atom is -0.394 e. The lowest BCUT2D eigenvalue weighted by Gasteiger charge is -2.34. The largest absolute Gasteiger partial charge is 0.394 e. The van der Waals surface area contributed by atoms with Crippen LogP contribution in [-0.4, -0.2) is 51.4 Å². The van der Waals surface area contributed by atoms with Crippen LogP contribution in [0.4, 0.5) is 0 Å². The third kappa shape index (κ3) is 8.53. The Morgan fingerprint density at radius 1 is 0.679 bits per heavy atom. The molecule has 0 saturated heterocycles. The molecule has 0 heterocycles. The molecule has 0 unspecified atom stereocenters. The molecule has 0 amide bonds. The zero-order valence-corrected chi connectivity index (χ0v) is 17.0. The van der Waals surface area contributed by atoms with Crippen LogP contribution in [0.3, 0.4) is 0 Å². The fourth-order valence-corrected chi connectivity index (χ4v) is 3.37. The van der Waals surface area contributed by atoms with Crippen LogP contribution < -0.4 is 0 Å². The first-order valence-corrected chi connectivity index (χ1v) is 10.2. The second-order valence-electron chi connectivity index (χ2n) is 7.27. The molecule has 0 fully saturated rings. The average Bonchev–Trinajstić information content (AvgIpc) is 2.72. The summed E-state index contributed by atoms with van der Waals surface area (Å²) in [4.78, 5) is 0. The van der Waals surface area contributed by atoms with Crippen LogP contribution in [-0.2, 0) is 27.1 Å². The lowest BCUT2D eigenvalue weighted by Crippen LogP contribution is -2.38. The van der Waals surface area contributed by atoms with E-state index in [1.165, 1.54) is 11.1 Å². The van der Waals surface area contributed by atoms with Crippen LogP contribution in [0.25, 0.3) is 0 Å². The normalized spacial score (nSPS) is 11.6. The number of hydrogen-bond donors (Lipinski definition) is 1. The SMILES string of the molecule is CCCOCCOCC(COCCO)(Cc1ccccc1)Cc1ccccc1. The molecule has 0 radical (unpaired) electrons. The van der Waals surface area contributed by atoms with E-state index < -0.39 is 0 Å². The van der Waals surface area contributed by atoms with Crippen molar-refractivity contribution < 1.29 is 19.3 Å². The van der Waals surface area contributed by atoms with E-state index >= 15 is 0 Å². The van der Waals surface area contributed by atoms with Crippen LogP contribution in [0.1, 0.15) is 24.5 Å². The summed E-state index contributed by atoms with van der Waals surface area (Å²) in [5.74, 6) is 0. The summed E-state index contributed by atoms with van der Waals surface area (Å²) < 4.78 is 17.4. The molecule has 0 aliphatic rings. The number of benzene rings is 2. The van der Waals surface area contributed by atoms with E-state index in [9.17, 15) is 0 Å². The van der Waals surface area contributed by atoms with Gasteiger partial charge in [-0.3, -0.25) is 0 Å². The van der Waals surface area contributed by atoms with Gasteiger partial charge < -0.3 is 19.3 Å². The third-order valence-electron chi connectivity index (χ3n) is 4.62. The lowest BCUT2D eigenvalue weighted by atomic mass is 9.77. The van der Waals surface area contributed by atoms with Crippen molar-refractivity contribution in [2.45, 2.75) is 26.2 Å². The molecule has 154 valence electrons. The molecule has 2 rings (SSSR count). The first-order chi connectivity index (χ1) is 13.8. The van der Waals surface area contributed by atoms with Crippen LogP contribution >= 0.6 is 0 Å². The van der Waals surface area contributed by atoms with Gasteiger partial charge in [0.25, 0.3) is 0 Å². The predicted octanol–water partition coefficient (Wildman–Crippen LogP) is 3.91. The van der Waals surface area contributed by atoms with Gasteiger partial charge in [0.15, 0.2) is 0 Å². The summed E-state index contributed by atoms with van der Waals surface area (Å²) in [6, 6.07) is 20.9. The van der Waals surface area contributed by atoms with Gasteiger partial charge >= 0.3 is 0 Å². The molecule has 0 spiro atoms. The Bertz CT molecular complexity index is 574. The van der Waals surface area contributed by atoms with Gasteiger partial charge in [-0.05, 0) is 30.4 Å². The van der Waals surface area contributed by atoms with E-state index in [1.54, 1.807) is 0 Å². The van der Waals surface area contributed by atoms with E-state index in [2.05, 4.69) is 55.5 Å². The fourth-order valence-electron chi connectivity index (χ4n) is 3.37. The predicted molar refractivity (Wildman–Crippen MR) is 113 cm³/mol. The van der Waals surface area contributed by atoms with Gasteiger partial charge in [0.2, 0.25) is 0 Å². The Hall–Kier alpha value is -1.72. The second-order valence-corrected chi connectivity index (χ2v) is 7.27. The summed E-state index contributed by atoms with van der Waals surface area (Å²) in [6.07, 6.45) is 2.72. The summed E-state index contributed by atoms with van der Waals surface area (Å²) in [7, 11) is 0. The summed E-state index contributed by atoms with van der Waals surface area (Å²) in [5.41, 5.74) is 2.32. The number of hydrogen-bond acceptors (Lipinski definition) is 4. The number of aliphatic hydroxyl groups excluding tert-OH is 1. The van der Waals surface area contributed by atoms with Gasteiger partial charge in [0.1, 0.15) is 0 Å². The van der Waals surface area contributed by atoms with E-state index in [1.807, 2.05) is 12.1 Å². The molecule has 0 bridgehead atoms. The smallest absolute Gasteiger partial charge is 0.0700 e. The monoisotopic (exact) mass is 386 g/mol. The zero-order valence-electron chi connectivity index (χ0n) is 17.0. The van der Waals surface area contributed by atoms with Gasteiger partial charge in [-0.15, -0.1) is 0 Å². The van der Waals surface area contributed by atoms with Crippen molar-refractivity contribution in [1.29, 1.82) is 0 Å². The second kappa shape index (κ2) is 13.5. The third-order valence-corrected chi connectivity index (χ3v) is 4.62. The van der Waals surface area contributed by atoms with Crippen LogP contribution in [0.15, 0.2) is 60.7 Å². The maximum atomic E-state index is 9.17. The minimum atomic E-state index is -0.206. The molecule has 1 N–H and O–H groups in total. The van der Waals surface area contributed by atoms with Gasteiger partial charge in [0.05, 0.1) is 39.6 Å². The van der Waals surface area contributed by atoms with Crippen LogP contribution in [0.5, 0.6) is 0 Å². The van der Waals surface area contributed by atoms with Gasteiger partial charge in [-0.1, -0.05) is 67.6 Å². The molecule has 2 aromatic carbocycles. The molecule has 4 heteroatoms. The Labute approximate surface area is 169 Å². The highest BCUT2D eigenvalue weighted by atomic mass is 16.5. The molecule has 2 aromatic rings. The topological polar surface area (TPSA) is 47.9 Å². The molecular weight excluding hydrogens is 352 g/mol. The van der Waals surface area contributed by atoms with Crippen molar-refractivity contribution in [1.82, 2.24) is 0 Å². The van der Waals surface area contributed by atoms with Crippen molar-refractivity contribution in [2.75, 3.05) is 46.2 Å². The van der Waals surface area contributed by atoms with E-state index in [4.69, 9.17) is 19.3 Å². The maximum Gasteiger partial charge on any atom is 0.0700 e. The average molecular weight is 387 g/mol. The number of rotatable bonds is 15. The van der Waals surface area contributed by atoms with Crippen molar-refractivity contribution >= 4 is 0 Å². The number of ether oxygens (including phenoxy) is 3. The molecule has 0 aromatic heterocycles. The molecule has 0 aliphatic carbocycles. The van der Waals surface area contributed by atoms with Gasteiger partial charge in [-0.25, -0.2) is 0 Å². The first kappa shape index (κ1) is 22.6. The highest BCUT2D eigenvalue weighted by Gasteiger charge is 2.32. The molecule has 0 saturated carbocycles. The maximum absolute atomic E-state index is 9.17. The first-order valence-electron chi connectivity index (χ1n) is 10.2.